The summed E-state index contributed by atoms with van der Waals surface area (Å²) in [6, 6.07) is 13.6. The quantitative estimate of drug-likeness (QED) is 0.738. The Kier molecular flexibility index (Phi) is 4.99. The summed E-state index contributed by atoms with van der Waals surface area (Å²) in [7, 11) is 1.64. The number of benzene rings is 2. The van der Waals surface area contributed by atoms with E-state index in [9.17, 15) is 4.79 Å². The van der Waals surface area contributed by atoms with Gasteiger partial charge in [-0.2, -0.15) is 0 Å². The fourth-order valence-corrected chi connectivity index (χ4v) is 4.34. The van der Waals surface area contributed by atoms with Crippen LogP contribution in [0.1, 0.15) is 45.2 Å². The van der Waals surface area contributed by atoms with Crippen LogP contribution in [-0.2, 0) is 4.79 Å². The van der Waals surface area contributed by atoms with Crippen LogP contribution in [0.5, 0.6) is 11.5 Å². The number of para-hydroxylation sites is 3. The summed E-state index contributed by atoms with van der Waals surface area (Å²) in [5, 5.41) is 7.16. The molecule has 1 atom stereocenters. The van der Waals surface area contributed by atoms with Gasteiger partial charge in [-0.25, -0.2) is 0 Å². The minimum absolute atomic E-state index is 0.0795. The molecule has 29 heavy (non-hydrogen) atoms. The van der Waals surface area contributed by atoms with Crippen molar-refractivity contribution in [2.24, 2.45) is 5.41 Å². The lowest BCUT2D eigenvalue weighted by molar-refractivity contribution is -0.118. The van der Waals surface area contributed by atoms with E-state index in [2.05, 4.69) is 24.5 Å². The predicted molar refractivity (Wildman–Crippen MR) is 116 cm³/mol. The average molecular weight is 392 g/mol. The van der Waals surface area contributed by atoms with Crippen LogP contribution in [-0.4, -0.2) is 19.5 Å². The zero-order valence-electron chi connectivity index (χ0n) is 17.5. The van der Waals surface area contributed by atoms with Gasteiger partial charge in [-0.1, -0.05) is 38.1 Å². The molecule has 2 aliphatic rings. The van der Waals surface area contributed by atoms with Crippen LogP contribution in [0.15, 0.2) is 53.7 Å². The molecule has 0 aromatic heterocycles. The fraction of sp³-hybridized carbons (Fsp3) is 0.375. The summed E-state index contributed by atoms with van der Waals surface area (Å²) in [5.74, 6) is 1.51. The van der Waals surface area contributed by atoms with Crippen LogP contribution in [0.4, 0.5) is 11.4 Å². The van der Waals surface area contributed by atoms with E-state index in [-0.39, 0.29) is 17.2 Å². The second-order valence-electron chi connectivity index (χ2n) is 8.39. The highest BCUT2D eigenvalue weighted by Gasteiger charge is 2.39. The number of carbonyl (C=O) groups excluding carboxylic acids is 1. The van der Waals surface area contributed by atoms with Crippen LogP contribution < -0.4 is 20.1 Å². The smallest absolute Gasteiger partial charge is 0.166 e. The number of carbonyl (C=O) groups is 1. The molecule has 1 heterocycles. The first-order valence-electron chi connectivity index (χ1n) is 10.1. The Morgan fingerprint density at radius 1 is 1.07 bits per heavy atom. The molecular weight excluding hydrogens is 364 g/mol. The topological polar surface area (TPSA) is 59.6 Å². The average Bonchev–Trinajstić information content (AvgIpc) is 2.83. The van der Waals surface area contributed by atoms with Crippen molar-refractivity contribution in [1.29, 1.82) is 0 Å². The molecule has 0 saturated heterocycles. The van der Waals surface area contributed by atoms with Gasteiger partial charge in [0.2, 0.25) is 0 Å². The van der Waals surface area contributed by atoms with Crippen molar-refractivity contribution in [2.75, 3.05) is 24.4 Å². The van der Waals surface area contributed by atoms with E-state index in [1.807, 2.05) is 49.4 Å². The molecule has 0 unspecified atom stereocenters. The Morgan fingerprint density at radius 3 is 2.55 bits per heavy atom. The largest absolute Gasteiger partial charge is 0.493 e. The minimum Gasteiger partial charge on any atom is -0.493 e. The molecule has 0 radical (unpaired) electrons. The maximum atomic E-state index is 13.3. The zero-order chi connectivity index (χ0) is 20.6. The van der Waals surface area contributed by atoms with Gasteiger partial charge in [0, 0.05) is 23.3 Å². The SMILES string of the molecule is CCOc1c(OC)cccc1[C@@H]1Nc2ccccc2NC2=C1C(=O)CC(C)(C)C2. The number of ether oxygens (including phenoxy) is 2. The molecule has 5 heteroatoms. The van der Waals surface area contributed by atoms with Gasteiger partial charge in [0.15, 0.2) is 17.3 Å². The van der Waals surface area contributed by atoms with Crippen molar-refractivity contribution in [3.8, 4) is 11.5 Å². The second kappa shape index (κ2) is 7.47. The first-order chi connectivity index (χ1) is 13.9. The van der Waals surface area contributed by atoms with Crippen molar-refractivity contribution in [3.63, 3.8) is 0 Å². The molecule has 152 valence electrons. The molecule has 0 saturated carbocycles. The van der Waals surface area contributed by atoms with E-state index in [0.717, 1.165) is 34.6 Å². The molecular formula is C24H28N2O3. The van der Waals surface area contributed by atoms with Crippen LogP contribution in [0, 0.1) is 5.41 Å². The molecule has 5 nitrogen and oxygen atoms in total. The van der Waals surface area contributed by atoms with Crippen molar-refractivity contribution in [2.45, 2.75) is 39.7 Å². The van der Waals surface area contributed by atoms with Gasteiger partial charge in [0.1, 0.15) is 0 Å². The molecule has 0 spiro atoms. The lowest BCUT2D eigenvalue weighted by Gasteiger charge is -2.34. The van der Waals surface area contributed by atoms with Crippen LogP contribution >= 0.6 is 0 Å². The molecule has 1 aliphatic heterocycles. The van der Waals surface area contributed by atoms with E-state index >= 15 is 0 Å². The summed E-state index contributed by atoms with van der Waals surface area (Å²) in [6.45, 7) is 6.76. The summed E-state index contributed by atoms with van der Waals surface area (Å²) in [5.41, 5.74) is 4.54. The highest BCUT2D eigenvalue weighted by molar-refractivity contribution is 6.01. The van der Waals surface area contributed by atoms with Gasteiger partial charge in [-0.05, 0) is 37.0 Å². The molecule has 2 aromatic rings. The lowest BCUT2D eigenvalue weighted by atomic mass is 9.73. The van der Waals surface area contributed by atoms with Crippen LogP contribution in [0.25, 0.3) is 0 Å². The number of hydrogen-bond acceptors (Lipinski definition) is 5. The normalized spacial score (nSPS) is 20.0. The van der Waals surface area contributed by atoms with Gasteiger partial charge >= 0.3 is 0 Å². The number of allylic oxidation sites excluding steroid dienone is 1. The predicted octanol–water partition coefficient (Wildman–Crippen LogP) is 5.32. The number of fused-ring (bicyclic) bond motifs is 1. The number of methoxy groups -OCH3 is 1. The number of anilines is 2. The van der Waals surface area contributed by atoms with Crippen LogP contribution in [0.2, 0.25) is 0 Å². The van der Waals surface area contributed by atoms with E-state index in [1.54, 1.807) is 7.11 Å². The monoisotopic (exact) mass is 392 g/mol. The zero-order valence-corrected chi connectivity index (χ0v) is 17.5. The van der Waals surface area contributed by atoms with Crippen molar-refractivity contribution in [3.05, 3.63) is 59.3 Å². The second-order valence-corrected chi connectivity index (χ2v) is 8.39. The number of ketones is 1. The van der Waals surface area contributed by atoms with Gasteiger partial charge in [0.25, 0.3) is 0 Å². The van der Waals surface area contributed by atoms with E-state index in [1.165, 1.54) is 0 Å². The lowest BCUT2D eigenvalue weighted by Crippen LogP contribution is -2.31. The highest BCUT2D eigenvalue weighted by Crippen LogP contribution is 2.48. The summed E-state index contributed by atoms with van der Waals surface area (Å²) >= 11 is 0. The fourth-order valence-electron chi connectivity index (χ4n) is 4.34. The summed E-state index contributed by atoms with van der Waals surface area (Å²) in [6.07, 6.45) is 1.34. The molecule has 1 aliphatic carbocycles. The van der Waals surface area contributed by atoms with Crippen molar-refractivity contribution in [1.82, 2.24) is 0 Å². The van der Waals surface area contributed by atoms with Gasteiger partial charge in [0.05, 0.1) is 31.1 Å². The summed E-state index contributed by atoms with van der Waals surface area (Å²) < 4.78 is 11.5. The number of hydrogen-bond donors (Lipinski definition) is 2. The Balaban J connectivity index is 1.93. The van der Waals surface area contributed by atoms with E-state index < -0.39 is 0 Å². The van der Waals surface area contributed by atoms with Crippen LogP contribution in [0.3, 0.4) is 0 Å². The Morgan fingerprint density at radius 2 is 1.83 bits per heavy atom. The summed E-state index contributed by atoms with van der Waals surface area (Å²) in [4.78, 5) is 13.3. The van der Waals surface area contributed by atoms with E-state index in [4.69, 9.17) is 9.47 Å². The Labute approximate surface area is 172 Å². The third-order valence-corrected chi connectivity index (χ3v) is 5.55. The third kappa shape index (κ3) is 3.57. The maximum absolute atomic E-state index is 13.3. The van der Waals surface area contributed by atoms with E-state index in [0.29, 0.717) is 24.5 Å². The van der Waals surface area contributed by atoms with Gasteiger partial charge in [-0.15, -0.1) is 0 Å². The number of Topliss-reactive ketones (excluding diaryl/α,β-unsaturated/α-hetero) is 1. The Bertz CT molecular complexity index is 978. The maximum Gasteiger partial charge on any atom is 0.166 e. The molecule has 0 bridgehead atoms. The molecule has 2 aromatic carbocycles. The molecule has 0 fully saturated rings. The molecule has 2 N–H and O–H groups in total. The highest BCUT2D eigenvalue weighted by atomic mass is 16.5. The van der Waals surface area contributed by atoms with Crippen molar-refractivity contribution < 1.29 is 14.3 Å². The van der Waals surface area contributed by atoms with Gasteiger partial charge in [-0.3, -0.25) is 4.79 Å². The van der Waals surface area contributed by atoms with Gasteiger partial charge < -0.3 is 20.1 Å². The Hall–Kier alpha value is -2.95. The number of rotatable bonds is 4. The number of nitrogens with one attached hydrogen (secondary N) is 2. The molecule has 4 rings (SSSR count). The van der Waals surface area contributed by atoms with Crippen molar-refractivity contribution >= 4 is 17.2 Å². The molecule has 0 amide bonds. The first kappa shape index (κ1) is 19.4. The first-order valence-corrected chi connectivity index (χ1v) is 10.1. The third-order valence-electron chi connectivity index (χ3n) is 5.55. The minimum atomic E-state index is -0.318. The standard InChI is InChI=1S/C24H28N2O3/c1-5-29-23-15(9-8-12-20(23)28-4)22-21-18(13-24(2,3)14-19(21)27)25-16-10-6-7-11-17(16)26-22/h6-12,22,25-26H,5,13-14H2,1-4H3/t22-/m0/s1.